The molecular weight excluding hydrogens is 388 g/mol. The normalized spacial score (nSPS) is 14.8. The summed E-state index contributed by atoms with van der Waals surface area (Å²) in [5.74, 6) is 1.71. The number of hydrogen-bond acceptors (Lipinski definition) is 6. The number of phenols is 1. The van der Waals surface area contributed by atoms with Crippen LogP contribution in [0.4, 0.5) is 5.82 Å². The first-order chi connectivity index (χ1) is 14.0. The molecule has 29 heavy (non-hydrogen) atoms. The standard InChI is InChI=1S/C22H23ClN4O2/c1-27(2)11-5-10-24-21-20-19(15-6-3-4-7-17(15)23)16-9-8-14(28)12-18(16)29-22(20)26-13-25-21/h3-4,6-9,12-13,19,28H,5,10-11H2,1-2H3,(H,24,25,26)/t19-/m1/s1. The summed E-state index contributed by atoms with van der Waals surface area (Å²) in [7, 11) is 4.11. The van der Waals surface area contributed by atoms with Gasteiger partial charge in [0.2, 0.25) is 5.88 Å². The van der Waals surface area contributed by atoms with Crippen LogP contribution in [0.1, 0.15) is 29.0 Å². The first-order valence-corrected chi connectivity index (χ1v) is 9.91. The van der Waals surface area contributed by atoms with Gasteiger partial charge in [-0.3, -0.25) is 0 Å². The highest BCUT2D eigenvalue weighted by Crippen LogP contribution is 2.50. The number of ether oxygens (including phenoxy) is 1. The summed E-state index contributed by atoms with van der Waals surface area (Å²) in [6, 6.07) is 12.9. The third-order valence-electron chi connectivity index (χ3n) is 4.94. The number of aromatic nitrogens is 2. The predicted molar refractivity (Wildman–Crippen MR) is 114 cm³/mol. The number of nitrogens with one attached hydrogen (secondary N) is 1. The van der Waals surface area contributed by atoms with E-state index in [0.29, 0.717) is 16.7 Å². The van der Waals surface area contributed by atoms with Gasteiger partial charge in [-0.1, -0.05) is 35.9 Å². The molecule has 2 aromatic carbocycles. The lowest BCUT2D eigenvalue weighted by atomic mass is 9.83. The van der Waals surface area contributed by atoms with Crippen molar-refractivity contribution in [2.75, 3.05) is 32.5 Å². The molecule has 1 aliphatic rings. The third kappa shape index (κ3) is 3.99. The van der Waals surface area contributed by atoms with E-state index in [1.807, 2.05) is 30.3 Å². The van der Waals surface area contributed by atoms with Crippen molar-refractivity contribution >= 4 is 17.4 Å². The van der Waals surface area contributed by atoms with Gasteiger partial charge in [-0.2, -0.15) is 0 Å². The lowest BCUT2D eigenvalue weighted by molar-refractivity contribution is 0.405. The fraction of sp³-hybridized carbons (Fsp3) is 0.273. The fourth-order valence-corrected chi connectivity index (χ4v) is 3.85. The molecular formula is C22H23ClN4O2. The van der Waals surface area contributed by atoms with E-state index in [-0.39, 0.29) is 11.7 Å². The van der Waals surface area contributed by atoms with E-state index >= 15 is 0 Å². The van der Waals surface area contributed by atoms with Crippen LogP contribution in [0.5, 0.6) is 17.4 Å². The third-order valence-corrected chi connectivity index (χ3v) is 5.29. The molecule has 2 N–H and O–H groups in total. The number of hydrogen-bond donors (Lipinski definition) is 2. The lowest BCUT2D eigenvalue weighted by Gasteiger charge is -2.29. The molecule has 4 rings (SSSR count). The predicted octanol–water partition coefficient (Wildman–Crippen LogP) is 4.49. The number of phenolic OH excluding ortho intramolecular Hbond substituents is 1. The summed E-state index contributed by atoms with van der Waals surface area (Å²) in [5.41, 5.74) is 2.70. The van der Waals surface area contributed by atoms with Crippen LogP contribution >= 0.6 is 11.6 Å². The quantitative estimate of drug-likeness (QED) is 0.456. The van der Waals surface area contributed by atoms with Gasteiger partial charge in [0.15, 0.2) is 0 Å². The summed E-state index contributed by atoms with van der Waals surface area (Å²) in [6.07, 6.45) is 2.47. The number of anilines is 1. The molecule has 7 heteroatoms. The van der Waals surface area contributed by atoms with E-state index in [0.717, 1.165) is 42.0 Å². The molecule has 3 aromatic rings. The van der Waals surface area contributed by atoms with Crippen molar-refractivity contribution in [1.82, 2.24) is 14.9 Å². The van der Waals surface area contributed by atoms with Crippen molar-refractivity contribution in [2.45, 2.75) is 12.3 Å². The minimum atomic E-state index is -0.208. The van der Waals surface area contributed by atoms with Gasteiger partial charge in [0.05, 0.1) is 5.56 Å². The van der Waals surface area contributed by atoms with Gasteiger partial charge < -0.3 is 20.1 Å². The Bertz CT molecular complexity index is 1030. The van der Waals surface area contributed by atoms with Crippen molar-refractivity contribution in [2.24, 2.45) is 0 Å². The smallest absolute Gasteiger partial charge is 0.228 e. The number of benzene rings is 2. The van der Waals surface area contributed by atoms with E-state index in [9.17, 15) is 5.11 Å². The van der Waals surface area contributed by atoms with Gasteiger partial charge in [0.1, 0.15) is 23.6 Å². The van der Waals surface area contributed by atoms with Crippen LogP contribution in [0.15, 0.2) is 48.8 Å². The summed E-state index contributed by atoms with van der Waals surface area (Å²) in [4.78, 5) is 11.0. The first kappa shape index (κ1) is 19.5. The SMILES string of the molecule is CN(C)CCCNc1ncnc2c1[C@H](c1ccccc1Cl)c1ccc(O)cc1O2. The van der Waals surface area contributed by atoms with Gasteiger partial charge in [-0.15, -0.1) is 0 Å². The molecule has 150 valence electrons. The van der Waals surface area contributed by atoms with Crippen molar-refractivity contribution in [3.05, 3.63) is 70.5 Å². The Morgan fingerprint density at radius 1 is 1.14 bits per heavy atom. The Morgan fingerprint density at radius 3 is 2.76 bits per heavy atom. The summed E-state index contributed by atoms with van der Waals surface area (Å²) in [5, 5.41) is 14.0. The molecule has 0 amide bonds. The van der Waals surface area contributed by atoms with E-state index in [2.05, 4.69) is 34.3 Å². The minimum Gasteiger partial charge on any atom is -0.508 e. The molecule has 0 spiro atoms. The van der Waals surface area contributed by atoms with Gasteiger partial charge in [0.25, 0.3) is 0 Å². The van der Waals surface area contributed by atoms with Crippen LogP contribution in [0, 0.1) is 0 Å². The zero-order valence-corrected chi connectivity index (χ0v) is 17.1. The molecule has 0 saturated carbocycles. The Labute approximate surface area is 175 Å². The topological polar surface area (TPSA) is 70.5 Å². The maximum atomic E-state index is 9.94. The molecule has 1 aromatic heterocycles. The number of nitrogens with zero attached hydrogens (tertiary/aromatic N) is 3. The number of rotatable bonds is 6. The first-order valence-electron chi connectivity index (χ1n) is 9.53. The molecule has 2 heterocycles. The monoisotopic (exact) mass is 410 g/mol. The molecule has 0 unspecified atom stereocenters. The van der Waals surface area contributed by atoms with Crippen LogP contribution in [-0.4, -0.2) is 47.2 Å². The number of fused-ring (bicyclic) bond motifs is 2. The Kier molecular flexibility index (Phi) is 5.56. The number of aromatic hydroxyl groups is 1. The largest absolute Gasteiger partial charge is 0.508 e. The van der Waals surface area contributed by atoms with E-state index < -0.39 is 0 Å². The average Bonchev–Trinajstić information content (AvgIpc) is 2.70. The van der Waals surface area contributed by atoms with Gasteiger partial charge in [-0.25, -0.2) is 9.97 Å². The molecule has 0 saturated heterocycles. The number of halogens is 1. The van der Waals surface area contributed by atoms with E-state index in [4.69, 9.17) is 16.3 Å². The molecule has 0 fully saturated rings. The molecule has 0 radical (unpaired) electrons. The highest BCUT2D eigenvalue weighted by molar-refractivity contribution is 6.31. The van der Waals surface area contributed by atoms with Gasteiger partial charge in [-0.05, 0) is 44.8 Å². The molecule has 1 atom stereocenters. The molecule has 0 bridgehead atoms. The van der Waals surface area contributed by atoms with Crippen molar-refractivity contribution in [3.63, 3.8) is 0 Å². The second kappa shape index (κ2) is 8.27. The Morgan fingerprint density at radius 2 is 1.97 bits per heavy atom. The van der Waals surface area contributed by atoms with Crippen LogP contribution in [0.2, 0.25) is 5.02 Å². The van der Waals surface area contributed by atoms with Crippen LogP contribution in [-0.2, 0) is 0 Å². The van der Waals surface area contributed by atoms with E-state index in [1.54, 1.807) is 12.1 Å². The Balaban J connectivity index is 1.79. The van der Waals surface area contributed by atoms with Gasteiger partial charge >= 0.3 is 0 Å². The van der Waals surface area contributed by atoms with Gasteiger partial charge in [0, 0.05) is 29.1 Å². The Hall–Kier alpha value is -2.83. The maximum absolute atomic E-state index is 9.94. The highest BCUT2D eigenvalue weighted by Gasteiger charge is 2.34. The fourth-order valence-electron chi connectivity index (χ4n) is 3.61. The highest BCUT2D eigenvalue weighted by atomic mass is 35.5. The maximum Gasteiger partial charge on any atom is 0.228 e. The average molecular weight is 411 g/mol. The summed E-state index contributed by atoms with van der Waals surface area (Å²) in [6.45, 7) is 1.76. The van der Waals surface area contributed by atoms with Crippen LogP contribution in [0.25, 0.3) is 0 Å². The second-order valence-corrected chi connectivity index (χ2v) is 7.71. The van der Waals surface area contributed by atoms with Crippen molar-refractivity contribution in [3.8, 4) is 17.4 Å². The van der Waals surface area contributed by atoms with Crippen molar-refractivity contribution < 1.29 is 9.84 Å². The van der Waals surface area contributed by atoms with E-state index in [1.165, 1.54) is 6.33 Å². The summed E-state index contributed by atoms with van der Waals surface area (Å²) < 4.78 is 6.03. The molecule has 0 aliphatic carbocycles. The van der Waals surface area contributed by atoms with Crippen molar-refractivity contribution in [1.29, 1.82) is 0 Å². The molecule has 1 aliphatic heterocycles. The zero-order valence-electron chi connectivity index (χ0n) is 16.4. The minimum absolute atomic E-state index is 0.140. The van der Waals surface area contributed by atoms with Crippen LogP contribution < -0.4 is 10.1 Å². The summed E-state index contributed by atoms with van der Waals surface area (Å²) >= 11 is 6.58. The zero-order chi connectivity index (χ0) is 20.4. The molecule has 6 nitrogen and oxygen atoms in total. The van der Waals surface area contributed by atoms with Crippen LogP contribution in [0.3, 0.4) is 0 Å². The second-order valence-electron chi connectivity index (χ2n) is 7.30. The lowest BCUT2D eigenvalue weighted by Crippen LogP contribution is -2.19.